The van der Waals surface area contributed by atoms with E-state index in [0.29, 0.717) is 0 Å². The zero-order valence-electron chi connectivity index (χ0n) is 10.9. The number of likely N-dealkylation sites (N-methyl/N-ethyl adjacent to an activating group) is 2. The molecule has 2 heteroatoms. The van der Waals surface area contributed by atoms with Crippen LogP contribution in [0.2, 0.25) is 0 Å². The number of hydrogen-bond acceptors (Lipinski definition) is 2. The zero-order chi connectivity index (χ0) is 12.8. The van der Waals surface area contributed by atoms with Gasteiger partial charge in [-0.1, -0.05) is 60.7 Å². The van der Waals surface area contributed by atoms with Gasteiger partial charge in [0, 0.05) is 0 Å². The maximum atomic E-state index is 3.41. The molecule has 0 bridgehead atoms. The van der Waals surface area contributed by atoms with Gasteiger partial charge in [0.1, 0.15) is 0 Å². The van der Waals surface area contributed by atoms with Crippen molar-refractivity contribution in [2.75, 3.05) is 14.1 Å². The highest BCUT2D eigenvalue weighted by molar-refractivity contribution is 5.27. The highest BCUT2D eigenvalue weighted by Crippen LogP contribution is 2.27. The van der Waals surface area contributed by atoms with Crippen molar-refractivity contribution in [2.45, 2.75) is 12.1 Å². The summed E-state index contributed by atoms with van der Waals surface area (Å²) >= 11 is 0. The third-order valence-corrected chi connectivity index (χ3v) is 3.27. The maximum Gasteiger partial charge on any atom is 0.0515 e. The molecule has 0 aliphatic carbocycles. The van der Waals surface area contributed by atoms with Crippen LogP contribution in [0, 0.1) is 0 Å². The minimum absolute atomic E-state index is 0.263. The van der Waals surface area contributed by atoms with Crippen molar-refractivity contribution in [1.29, 1.82) is 0 Å². The highest BCUT2D eigenvalue weighted by atomic mass is 15.0. The largest absolute Gasteiger partial charge is 0.311 e. The molecular weight excluding hydrogens is 220 g/mol. The van der Waals surface area contributed by atoms with Gasteiger partial charge >= 0.3 is 0 Å². The zero-order valence-corrected chi connectivity index (χ0v) is 10.9. The number of rotatable bonds is 5. The molecule has 2 nitrogen and oxygen atoms in total. The SMILES string of the molecule is CNC(c1ccccc1)C(NC)c1ccccc1. The number of hydrogen-bond donors (Lipinski definition) is 2. The van der Waals surface area contributed by atoms with Crippen molar-refractivity contribution in [3.8, 4) is 0 Å². The second-order valence-electron chi connectivity index (χ2n) is 4.35. The molecule has 0 amide bonds. The van der Waals surface area contributed by atoms with E-state index in [2.05, 4.69) is 59.2 Å². The Morgan fingerprint density at radius 1 is 0.611 bits per heavy atom. The topological polar surface area (TPSA) is 24.1 Å². The van der Waals surface area contributed by atoms with Gasteiger partial charge in [-0.05, 0) is 25.2 Å². The molecular formula is C16H20N2. The first-order valence-electron chi connectivity index (χ1n) is 6.31. The van der Waals surface area contributed by atoms with E-state index >= 15 is 0 Å². The molecule has 0 spiro atoms. The molecule has 2 rings (SSSR count). The highest BCUT2D eigenvalue weighted by Gasteiger charge is 2.21. The van der Waals surface area contributed by atoms with E-state index in [9.17, 15) is 0 Å². The van der Waals surface area contributed by atoms with Crippen molar-refractivity contribution in [1.82, 2.24) is 10.6 Å². The lowest BCUT2D eigenvalue weighted by Gasteiger charge is -2.27. The van der Waals surface area contributed by atoms with Gasteiger partial charge in [0.25, 0.3) is 0 Å². The summed E-state index contributed by atoms with van der Waals surface area (Å²) in [5, 5.41) is 6.81. The molecule has 0 heterocycles. The second-order valence-corrected chi connectivity index (χ2v) is 4.35. The third kappa shape index (κ3) is 2.78. The number of nitrogens with one attached hydrogen (secondary N) is 2. The minimum atomic E-state index is 0.263. The second kappa shape index (κ2) is 6.34. The molecule has 0 radical (unpaired) electrons. The van der Waals surface area contributed by atoms with Gasteiger partial charge in [-0.2, -0.15) is 0 Å². The van der Waals surface area contributed by atoms with Crippen molar-refractivity contribution in [2.24, 2.45) is 0 Å². The predicted molar refractivity (Wildman–Crippen MR) is 76.5 cm³/mol. The third-order valence-electron chi connectivity index (χ3n) is 3.27. The van der Waals surface area contributed by atoms with Gasteiger partial charge < -0.3 is 10.6 Å². The molecule has 18 heavy (non-hydrogen) atoms. The Morgan fingerprint density at radius 3 is 1.22 bits per heavy atom. The van der Waals surface area contributed by atoms with Crippen LogP contribution in [0.25, 0.3) is 0 Å². The van der Waals surface area contributed by atoms with Crippen LogP contribution in [0.5, 0.6) is 0 Å². The Labute approximate surface area is 109 Å². The molecule has 2 unspecified atom stereocenters. The summed E-state index contributed by atoms with van der Waals surface area (Å²) in [6.45, 7) is 0. The normalized spacial score (nSPS) is 14.1. The van der Waals surface area contributed by atoms with Gasteiger partial charge in [-0.25, -0.2) is 0 Å². The minimum Gasteiger partial charge on any atom is -0.311 e. The van der Waals surface area contributed by atoms with E-state index in [-0.39, 0.29) is 12.1 Å². The monoisotopic (exact) mass is 240 g/mol. The molecule has 2 aromatic rings. The molecule has 2 aromatic carbocycles. The Hall–Kier alpha value is -1.64. The first-order valence-corrected chi connectivity index (χ1v) is 6.31. The van der Waals surface area contributed by atoms with E-state index in [1.54, 1.807) is 0 Å². The lowest BCUT2D eigenvalue weighted by Crippen LogP contribution is -2.31. The van der Waals surface area contributed by atoms with E-state index in [0.717, 1.165) is 0 Å². The molecule has 0 saturated heterocycles. The van der Waals surface area contributed by atoms with Crippen molar-refractivity contribution < 1.29 is 0 Å². The van der Waals surface area contributed by atoms with E-state index in [4.69, 9.17) is 0 Å². The molecule has 94 valence electrons. The average molecular weight is 240 g/mol. The molecule has 2 atom stereocenters. The fourth-order valence-corrected chi connectivity index (χ4v) is 2.37. The summed E-state index contributed by atoms with van der Waals surface area (Å²) in [5.74, 6) is 0. The van der Waals surface area contributed by atoms with Crippen molar-refractivity contribution >= 4 is 0 Å². The van der Waals surface area contributed by atoms with Crippen LogP contribution < -0.4 is 10.6 Å². The molecule has 0 aliphatic rings. The van der Waals surface area contributed by atoms with Crippen LogP contribution in [0.3, 0.4) is 0 Å². The standard InChI is InChI=1S/C16H20N2/c1-17-15(13-9-5-3-6-10-13)16(18-2)14-11-7-4-8-12-14/h3-12,15-18H,1-2H3. The smallest absolute Gasteiger partial charge is 0.0515 e. The van der Waals surface area contributed by atoms with Gasteiger partial charge in [-0.3, -0.25) is 0 Å². The molecule has 2 N–H and O–H groups in total. The molecule has 0 fully saturated rings. The van der Waals surface area contributed by atoms with Crippen molar-refractivity contribution in [3.63, 3.8) is 0 Å². The number of benzene rings is 2. The lowest BCUT2D eigenvalue weighted by molar-refractivity contribution is 0.432. The van der Waals surface area contributed by atoms with E-state index < -0.39 is 0 Å². The van der Waals surface area contributed by atoms with Gasteiger partial charge in [-0.15, -0.1) is 0 Å². The maximum absolute atomic E-state index is 3.41. The van der Waals surface area contributed by atoms with Crippen LogP contribution in [0.4, 0.5) is 0 Å². The van der Waals surface area contributed by atoms with Crippen LogP contribution in [0.15, 0.2) is 60.7 Å². The van der Waals surface area contributed by atoms with E-state index in [1.165, 1.54) is 11.1 Å². The lowest BCUT2D eigenvalue weighted by atomic mass is 9.93. The van der Waals surface area contributed by atoms with Gasteiger partial charge in [0.05, 0.1) is 12.1 Å². The van der Waals surface area contributed by atoms with Crippen LogP contribution in [-0.4, -0.2) is 14.1 Å². The van der Waals surface area contributed by atoms with E-state index in [1.807, 2.05) is 26.2 Å². The Morgan fingerprint density at radius 2 is 0.944 bits per heavy atom. The van der Waals surface area contributed by atoms with Crippen LogP contribution in [0.1, 0.15) is 23.2 Å². The molecule has 0 aliphatic heterocycles. The summed E-state index contributed by atoms with van der Waals surface area (Å²) in [5.41, 5.74) is 2.59. The van der Waals surface area contributed by atoms with Crippen LogP contribution in [-0.2, 0) is 0 Å². The molecule has 0 saturated carbocycles. The van der Waals surface area contributed by atoms with Gasteiger partial charge in [0.2, 0.25) is 0 Å². The Balaban J connectivity index is 2.31. The van der Waals surface area contributed by atoms with Crippen molar-refractivity contribution in [3.05, 3.63) is 71.8 Å². The summed E-state index contributed by atoms with van der Waals surface area (Å²) in [4.78, 5) is 0. The Bertz CT molecular complexity index is 408. The first kappa shape index (κ1) is 12.8. The summed E-state index contributed by atoms with van der Waals surface area (Å²) < 4.78 is 0. The van der Waals surface area contributed by atoms with Gasteiger partial charge in [0.15, 0.2) is 0 Å². The predicted octanol–water partition coefficient (Wildman–Crippen LogP) is 2.91. The summed E-state index contributed by atoms with van der Waals surface area (Å²) in [6, 6.07) is 21.6. The summed E-state index contributed by atoms with van der Waals surface area (Å²) in [7, 11) is 4.01. The first-order chi connectivity index (χ1) is 8.86. The molecule has 0 aromatic heterocycles. The quantitative estimate of drug-likeness (QED) is 0.839. The average Bonchev–Trinajstić information content (AvgIpc) is 2.46. The fraction of sp³-hybridized carbons (Fsp3) is 0.250. The fourth-order valence-electron chi connectivity index (χ4n) is 2.37. The summed E-state index contributed by atoms with van der Waals surface area (Å²) in [6.07, 6.45) is 0. The van der Waals surface area contributed by atoms with Crippen LogP contribution >= 0.6 is 0 Å². The Kier molecular flexibility index (Phi) is 4.51.